The van der Waals surface area contributed by atoms with Gasteiger partial charge in [0, 0.05) is 30.2 Å². The molecule has 2 aromatic rings. The van der Waals surface area contributed by atoms with Crippen LogP contribution < -0.4 is 16.2 Å². The molecule has 0 spiro atoms. The van der Waals surface area contributed by atoms with Crippen LogP contribution >= 0.6 is 11.6 Å². The van der Waals surface area contributed by atoms with E-state index in [2.05, 4.69) is 20.6 Å². The predicted octanol–water partition coefficient (Wildman–Crippen LogP) is 1.81. The molecule has 3 rings (SSSR count). The Balaban J connectivity index is 1.94. The van der Waals surface area contributed by atoms with Crippen LogP contribution in [0.4, 0.5) is 11.6 Å². The average Bonchev–Trinajstić information content (AvgIpc) is 2.39. The van der Waals surface area contributed by atoms with Gasteiger partial charge in [-0.2, -0.15) is 0 Å². The fourth-order valence-corrected chi connectivity index (χ4v) is 2.31. The highest BCUT2D eigenvalue weighted by Crippen LogP contribution is 2.18. The van der Waals surface area contributed by atoms with E-state index >= 15 is 0 Å². The van der Waals surface area contributed by atoms with Gasteiger partial charge in [0.2, 0.25) is 5.95 Å². The van der Waals surface area contributed by atoms with Crippen molar-refractivity contribution in [1.82, 2.24) is 15.3 Å². The summed E-state index contributed by atoms with van der Waals surface area (Å²) in [6.45, 7) is 1.43. The van der Waals surface area contributed by atoms with E-state index in [1.54, 1.807) is 12.1 Å². The van der Waals surface area contributed by atoms with E-state index < -0.39 is 0 Å². The van der Waals surface area contributed by atoms with Gasteiger partial charge < -0.3 is 10.6 Å². The lowest BCUT2D eigenvalue weighted by Gasteiger charge is -2.16. The molecule has 5 nitrogen and oxygen atoms in total. The number of anilines is 2. The fraction of sp³-hybridized carbons (Fsp3) is 0.231. The standard InChI is InChI=1S/C13H13ClN4O/c14-8-2-1-3-9(6-8)16-13-17-11-4-5-15-7-10(11)12(19)18-13/h1-3,6,15H,4-5,7H2,(H2,16,17,18,19). The number of fused-ring (bicyclic) bond motifs is 1. The van der Waals surface area contributed by atoms with E-state index in [0.29, 0.717) is 17.5 Å². The van der Waals surface area contributed by atoms with Gasteiger partial charge >= 0.3 is 0 Å². The lowest BCUT2D eigenvalue weighted by atomic mass is 10.1. The predicted molar refractivity (Wildman–Crippen MR) is 75.0 cm³/mol. The van der Waals surface area contributed by atoms with E-state index in [0.717, 1.165) is 29.9 Å². The third-order valence-corrected chi connectivity index (χ3v) is 3.26. The summed E-state index contributed by atoms with van der Waals surface area (Å²) in [5.74, 6) is 0.452. The van der Waals surface area contributed by atoms with E-state index in [1.807, 2.05) is 12.1 Å². The van der Waals surface area contributed by atoms with Gasteiger partial charge in [0.1, 0.15) is 0 Å². The van der Waals surface area contributed by atoms with Crippen molar-refractivity contribution in [2.75, 3.05) is 11.9 Å². The van der Waals surface area contributed by atoms with Gasteiger partial charge in [-0.15, -0.1) is 0 Å². The molecule has 6 heteroatoms. The number of H-pyrrole nitrogens is 1. The maximum atomic E-state index is 11.9. The van der Waals surface area contributed by atoms with Crippen LogP contribution in [0.3, 0.4) is 0 Å². The summed E-state index contributed by atoms with van der Waals surface area (Å²) in [6, 6.07) is 7.28. The summed E-state index contributed by atoms with van der Waals surface area (Å²) in [5.41, 5.74) is 2.28. The van der Waals surface area contributed by atoms with Crippen molar-refractivity contribution in [3.63, 3.8) is 0 Å². The van der Waals surface area contributed by atoms with Crippen LogP contribution in [0, 0.1) is 0 Å². The Morgan fingerprint density at radius 3 is 3.11 bits per heavy atom. The maximum absolute atomic E-state index is 11.9. The minimum absolute atomic E-state index is 0.0956. The van der Waals surface area contributed by atoms with Crippen molar-refractivity contribution in [1.29, 1.82) is 0 Å². The summed E-state index contributed by atoms with van der Waals surface area (Å²) in [6.07, 6.45) is 0.767. The van der Waals surface area contributed by atoms with Crippen LogP contribution in [0.15, 0.2) is 29.1 Å². The highest BCUT2D eigenvalue weighted by molar-refractivity contribution is 6.30. The lowest BCUT2D eigenvalue weighted by molar-refractivity contribution is 0.621. The fourth-order valence-electron chi connectivity index (χ4n) is 2.12. The van der Waals surface area contributed by atoms with E-state index in [9.17, 15) is 4.79 Å². The first kappa shape index (κ1) is 12.2. The SMILES string of the molecule is O=c1[nH]c(Nc2cccc(Cl)c2)nc2c1CNCC2. The van der Waals surface area contributed by atoms with E-state index in [-0.39, 0.29) is 5.56 Å². The van der Waals surface area contributed by atoms with Gasteiger partial charge in [-0.25, -0.2) is 4.98 Å². The number of nitrogens with zero attached hydrogens (tertiary/aromatic N) is 1. The summed E-state index contributed by atoms with van der Waals surface area (Å²) >= 11 is 5.92. The van der Waals surface area contributed by atoms with Crippen LogP contribution in [-0.2, 0) is 13.0 Å². The number of rotatable bonds is 2. The smallest absolute Gasteiger partial charge is 0.257 e. The van der Waals surface area contributed by atoms with Crippen molar-refractivity contribution >= 4 is 23.2 Å². The van der Waals surface area contributed by atoms with E-state index in [4.69, 9.17) is 11.6 Å². The highest BCUT2D eigenvalue weighted by Gasteiger charge is 2.14. The largest absolute Gasteiger partial charge is 0.326 e. The lowest BCUT2D eigenvalue weighted by Crippen LogP contribution is -2.31. The number of hydrogen-bond acceptors (Lipinski definition) is 4. The first-order valence-corrected chi connectivity index (χ1v) is 6.45. The molecule has 1 aromatic carbocycles. The third kappa shape index (κ3) is 2.62. The topological polar surface area (TPSA) is 69.8 Å². The van der Waals surface area contributed by atoms with E-state index in [1.165, 1.54) is 0 Å². The Hall–Kier alpha value is -1.85. The Bertz CT molecular complexity index is 668. The number of halogens is 1. The molecule has 1 aliphatic heterocycles. The van der Waals surface area contributed by atoms with Gasteiger partial charge in [-0.05, 0) is 18.2 Å². The quantitative estimate of drug-likeness (QED) is 0.782. The summed E-state index contributed by atoms with van der Waals surface area (Å²) in [4.78, 5) is 19.1. The molecule has 0 fully saturated rings. The average molecular weight is 277 g/mol. The molecule has 1 aliphatic rings. The molecule has 0 unspecified atom stereocenters. The molecule has 19 heavy (non-hydrogen) atoms. The maximum Gasteiger partial charge on any atom is 0.257 e. The Morgan fingerprint density at radius 2 is 2.26 bits per heavy atom. The highest BCUT2D eigenvalue weighted by atomic mass is 35.5. The van der Waals surface area contributed by atoms with Gasteiger partial charge in [0.05, 0.1) is 11.3 Å². The van der Waals surface area contributed by atoms with Crippen molar-refractivity contribution in [2.24, 2.45) is 0 Å². The van der Waals surface area contributed by atoms with Crippen LogP contribution in [0.25, 0.3) is 0 Å². The zero-order chi connectivity index (χ0) is 13.2. The van der Waals surface area contributed by atoms with Gasteiger partial charge in [-0.1, -0.05) is 17.7 Å². The van der Waals surface area contributed by atoms with Crippen molar-refractivity contribution in [3.8, 4) is 0 Å². The normalized spacial score (nSPS) is 13.9. The van der Waals surface area contributed by atoms with Crippen LogP contribution in [0.1, 0.15) is 11.3 Å². The first-order chi connectivity index (χ1) is 9.22. The summed E-state index contributed by atoms with van der Waals surface area (Å²) < 4.78 is 0. The van der Waals surface area contributed by atoms with Crippen molar-refractivity contribution in [3.05, 3.63) is 50.9 Å². The molecule has 2 heterocycles. The molecule has 0 aliphatic carbocycles. The summed E-state index contributed by atoms with van der Waals surface area (Å²) in [5, 5.41) is 6.86. The Labute approximate surface area is 115 Å². The second-order valence-corrected chi connectivity index (χ2v) is 4.84. The molecule has 0 saturated heterocycles. The van der Waals surface area contributed by atoms with Crippen molar-refractivity contribution < 1.29 is 0 Å². The molecule has 1 aromatic heterocycles. The molecule has 0 radical (unpaired) electrons. The molecule has 3 N–H and O–H groups in total. The number of nitrogens with one attached hydrogen (secondary N) is 3. The summed E-state index contributed by atoms with van der Waals surface area (Å²) in [7, 11) is 0. The molecule has 0 atom stereocenters. The van der Waals surface area contributed by atoms with Crippen LogP contribution in [0.5, 0.6) is 0 Å². The van der Waals surface area contributed by atoms with Gasteiger partial charge in [-0.3, -0.25) is 9.78 Å². The molecular weight excluding hydrogens is 264 g/mol. The minimum atomic E-state index is -0.0956. The van der Waals surface area contributed by atoms with Gasteiger partial charge in [0.15, 0.2) is 0 Å². The number of hydrogen-bond donors (Lipinski definition) is 3. The van der Waals surface area contributed by atoms with Crippen molar-refractivity contribution in [2.45, 2.75) is 13.0 Å². The zero-order valence-corrected chi connectivity index (χ0v) is 10.9. The molecule has 98 valence electrons. The van der Waals surface area contributed by atoms with Gasteiger partial charge in [0.25, 0.3) is 5.56 Å². The minimum Gasteiger partial charge on any atom is -0.326 e. The third-order valence-electron chi connectivity index (χ3n) is 3.03. The molecule has 0 saturated carbocycles. The second-order valence-electron chi connectivity index (χ2n) is 4.40. The molecular formula is C13H13ClN4O. The van der Waals surface area contributed by atoms with Crippen LogP contribution in [-0.4, -0.2) is 16.5 Å². The second kappa shape index (κ2) is 5.03. The number of benzene rings is 1. The zero-order valence-electron chi connectivity index (χ0n) is 10.2. The van der Waals surface area contributed by atoms with Crippen LogP contribution in [0.2, 0.25) is 5.02 Å². The Morgan fingerprint density at radius 1 is 1.37 bits per heavy atom. The molecule has 0 amide bonds. The monoisotopic (exact) mass is 276 g/mol. The molecule has 0 bridgehead atoms. The Kier molecular flexibility index (Phi) is 3.23. The first-order valence-electron chi connectivity index (χ1n) is 6.08. The number of aromatic amines is 1. The number of aromatic nitrogens is 2.